The van der Waals surface area contributed by atoms with Gasteiger partial charge in [-0.05, 0) is 29.8 Å². The molecule has 0 unspecified atom stereocenters. The molecule has 9 nitrogen and oxygen atoms in total. The minimum Gasteiger partial charge on any atom is -0.378 e. The van der Waals surface area contributed by atoms with Gasteiger partial charge in [0.05, 0.1) is 18.8 Å². The van der Waals surface area contributed by atoms with Crippen LogP contribution in [-0.2, 0) is 17.9 Å². The van der Waals surface area contributed by atoms with Gasteiger partial charge in [-0.3, -0.25) is 9.59 Å². The summed E-state index contributed by atoms with van der Waals surface area (Å²) in [5, 5.41) is 8.40. The van der Waals surface area contributed by atoms with Gasteiger partial charge in [0, 0.05) is 51.5 Å². The van der Waals surface area contributed by atoms with Gasteiger partial charge in [0.15, 0.2) is 5.69 Å². The second-order valence-corrected chi connectivity index (χ2v) is 8.80. The third-order valence-electron chi connectivity index (χ3n) is 6.46. The third kappa shape index (κ3) is 4.26. The number of hydrogen-bond acceptors (Lipinski definition) is 6. The number of amides is 2. The molecule has 0 bridgehead atoms. The fourth-order valence-electron chi connectivity index (χ4n) is 4.39. The number of ether oxygens (including phenoxy) is 1. The van der Waals surface area contributed by atoms with Crippen molar-refractivity contribution in [3.05, 3.63) is 77.1 Å². The van der Waals surface area contributed by atoms with E-state index in [9.17, 15) is 9.59 Å². The van der Waals surface area contributed by atoms with Crippen LogP contribution in [0, 0.1) is 0 Å². The van der Waals surface area contributed by atoms with Crippen LogP contribution in [0.4, 0.5) is 5.69 Å². The van der Waals surface area contributed by atoms with E-state index in [1.54, 1.807) is 14.5 Å². The summed E-state index contributed by atoms with van der Waals surface area (Å²) in [6.45, 7) is 2.69. The van der Waals surface area contributed by atoms with Gasteiger partial charge in [0.25, 0.3) is 11.8 Å². The average molecular weight is 461 g/mol. The van der Waals surface area contributed by atoms with Crippen molar-refractivity contribution < 1.29 is 14.3 Å². The zero-order valence-electron chi connectivity index (χ0n) is 19.4. The minimum absolute atomic E-state index is 0.0150. The number of hydrogen-bond donors (Lipinski definition) is 0. The van der Waals surface area contributed by atoms with E-state index < -0.39 is 0 Å². The van der Waals surface area contributed by atoms with E-state index in [4.69, 9.17) is 4.74 Å². The molecule has 5 rings (SSSR count). The van der Waals surface area contributed by atoms with Crippen molar-refractivity contribution in [2.45, 2.75) is 19.3 Å². The van der Waals surface area contributed by atoms with Crippen molar-refractivity contribution in [3.8, 4) is 0 Å². The summed E-state index contributed by atoms with van der Waals surface area (Å²) >= 11 is 0. The molecule has 1 aromatic heterocycles. The van der Waals surface area contributed by atoms with Gasteiger partial charge < -0.3 is 19.4 Å². The quantitative estimate of drug-likeness (QED) is 0.594. The van der Waals surface area contributed by atoms with Crippen molar-refractivity contribution in [2.24, 2.45) is 0 Å². The van der Waals surface area contributed by atoms with Gasteiger partial charge in [-0.15, -0.1) is 5.10 Å². The van der Waals surface area contributed by atoms with E-state index in [1.807, 2.05) is 73.6 Å². The predicted octanol–water partition coefficient (Wildman–Crippen LogP) is 2.21. The highest BCUT2D eigenvalue weighted by Crippen LogP contribution is 2.27. The molecule has 0 N–H and O–H groups in total. The molecule has 3 heterocycles. The minimum atomic E-state index is -0.162. The van der Waals surface area contributed by atoms with E-state index in [-0.39, 0.29) is 24.5 Å². The normalized spacial score (nSPS) is 17.9. The summed E-state index contributed by atoms with van der Waals surface area (Å²) < 4.78 is 7.79. The largest absolute Gasteiger partial charge is 0.378 e. The molecular formula is C25H28N6O3. The molecule has 2 aromatic carbocycles. The highest BCUT2D eigenvalue weighted by Gasteiger charge is 2.32. The van der Waals surface area contributed by atoms with Crippen LogP contribution in [0.3, 0.4) is 0 Å². The molecule has 34 heavy (non-hydrogen) atoms. The molecule has 0 radical (unpaired) electrons. The predicted molar refractivity (Wildman–Crippen MR) is 127 cm³/mol. The Labute approximate surface area is 198 Å². The maximum Gasteiger partial charge on any atom is 0.276 e. The smallest absolute Gasteiger partial charge is 0.276 e. The van der Waals surface area contributed by atoms with Gasteiger partial charge in [-0.25, -0.2) is 4.68 Å². The monoisotopic (exact) mass is 460 g/mol. The summed E-state index contributed by atoms with van der Waals surface area (Å²) in [4.78, 5) is 31.6. The lowest BCUT2D eigenvalue weighted by molar-refractivity contribution is -0.00202. The van der Waals surface area contributed by atoms with Crippen molar-refractivity contribution in [2.75, 3.05) is 45.2 Å². The topological polar surface area (TPSA) is 83.8 Å². The second-order valence-electron chi connectivity index (χ2n) is 8.80. The average Bonchev–Trinajstić information content (AvgIpc) is 3.32. The molecule has 1 fully saturated rings. The molecule has 2 amide bonds. The maximum atomic E-state index is 13.2. The van der Waals surface area contributed by atoms with Crippen LogP contribution in [-0.4, -0.2) is 76.9 Å². The zero-order valence-corrected chi connectivity index (χ0v) is 19.4. The summed E-state index contributed by atoms with van der Waals surface area (Å²) in [6, 6.07) is 17.5. The van der Waals surface area contributed by atoms with Crippen molar-refractivity contribution >= 4 is 17.5 Å². The fourth-order valence-corrected chi connectivity index (χ4v) is 4.39. The van der Waals surface area contributed by atoms with Crippen LogP contribution in [0.25, 0.3) is 0 Å². The zero-order chi connectivity index (χ0) is 23.7. The Hall–Kier alpha value is -3.72. The van der Waals surface area contributed by atoms with E-state index in [2.05, 4.69) is 10.3 Å². The number of carbonyl (C=O) groups is 2. The summed E-state index contributed by atoms with van der Waals surface area (Å²) in [5.41, 5.74) is 3.82. The van der Waals surface area contributed by atoms with Crippen LogP contribution in [0.15, 0.2) is 54.6 Å². The van der Waals surface area contributed by atoms with E-state index >= 15 is 0 Å². The Bertz CT molecular complexity index is 1170. The van der Waals surface area contributed by atoms with Gasteiger partial charge in [0.1, 0.15) is 6.10 Å². The molecular weight excluding hydrogens is 432 g/mol. The number of piperazine rings is 1. The van der Waals surface area contributed by atoms with Gasteiger partial charge >= 0.3 is 0 Å². The molecule has 1 atom stereocenters. The molecule has 1 saturated heterocycles. The lowest BCUT2D eigenvalue weighted by Crippen LogP contribution is -2.50. The standard InChI is InChI=1S/C25H28N6O3/c1-28(2)20-10-8-19(9-11-20)24(32)29-12-14-30(15-13-29)25(33)23-21-17-34-22(16-31(21)27-26-23)18-6-4-3-5-7-18/h3-11,22H,12-17H2,1-2H3/t22-/m1/s1. The molecule has 9 heteroatoms. The van der Waals surface area contributed by atoms with Crippen LogP contribution in [0.5, 0.6) is 0 Å². The van der Waals surface area contributed by atoms with Crippen molar-refractivity contribution in [1.29, 1.82) is 0 Å². The molecule has 0 saturated carbocycles. The first-order chi connectivity index (χ1) is 16.5. The molecule has 0 spiro atoms. The molecule has 2 aliphatic rings. The fraction of sp³-hybridized carbons (Fsp3) is 0.360. The summed E-state index contributed by atoms with van der Waals surface area (Å²) in [5.74, 6) is -0.177. The number of benzene rings is 2. The van der Waals surface area contributed by atoms with Gasteiger partial charge in [-0.1, -0.05) is 35.5 Å². The maximum absolute atomic E-state index is 13.2. The Morgan fingerprint density at radius 1 is 0.912 bits per heavy atom. The van der Waals surface area contributed by atoms with E-state index in [0.29, 0.717) is 49.7 Å². The van der Waals surface area contributed by atoms with E-state index in [0.717, 1.165) is 11.3 Å². The number of anilines is 1. The van der Waals surface area contributed by atoms with Crippen LogP contribution >= 0.6 is 0 Å². The molecule has 176 valence electrons. The SMILES string of the molecule is CN(C)c1ccc(C(=O)N2CCN(C(=O)c3nnn4c3CO[C@@H](c3ccccc3)C4)CC2)cc1. The van der Waals surface area contributed by atoms with E-state index in [1.165, 1.54) is 0 Å². The summed E-state index contributed by atoms with van der Waals surface area (Å²) in [7, 11) is 3.93. The first kappa shape index (κ1) is 22.1. The van der Waals surface area contributed by atoms with Gasteiger partial charge in [0.2, 0.25) is 0 Å². The van der Waals surface area contributed by atoms with Crippen LogP contribution in [0.2, 0.25) is 0 Å². The number of carbonyl (C=O) groups excluding carboxylic acids is 2. The van der Waals surface area contributed by atoms with Crippen molar-refractivity contribution in [3.63, 3.8) is 0 Å². The van der Waals surface area contributed by atoms with Crippen LogP contribution in [0.1, 0.15) is 38.2 Å². The number of fused-ring (bicyclic) bond motifs is 1. The number of rotatable bonds is 4. The lowest BCUT2D eigenvalue weighted by Gasteiger charge is -2.34. The highest BCUT2D eigenvalue weighted by atomic mass is 16.5. The van der Waals surface area contributed by atoms with Crippen molar-refractivity contribution in [1.82, 2.24) is 24.8 Å². The number of nitrogens with zero attached hydrogens (tertiary/aromatic N) is 6. The Morgan fingerprint density at radius 2 is 1.56 bits per heavy atom. The highest BCUT2D eigenvalue weighted by molar-refractivity contribution is 5.95. The Morgan fingerprint density at radius 3 is 2.21 bits per heavy atom. The second kappa shape index (κ2) is 9.26. The lowest BCUT2D eigenvalue weighted by atomic mass is 10.1. The first-order valence-corrected chi connectivity index (χ1v) is 11.5. The molecule has 0 aliphatic carbocycles. The first-order valence-electron chi connectivity index (χ1n) is 11.5. The molecule has 2 aliphatic heterocycles. The van der Waals surface area contributed by atoms with Gasteiger partial charge in [-0.2, -0.15) is 0 Å². The Kier molecular flexibility index (Phi) is 6.02. The Balaban J connectivity index is 1.21. The number of aromatic nitrogens is 3. The summed E-state index contributed by atoms with van der Waals surface area (Å²) in [6.07, 6.45) is -0.111. The third-order valence-corrected chi connectivity index (χ3v) is 6.46. The molecule has 3 aromatic rings. The van der Waals surface area contributed by atoms with Crippen LogP contribution < -0.4 is 4.90 Å².